The van der Waals surface area contributed by atoms with Gasteiger partial charge >= 0.3 is 5.97 Å². The van der Waals surface area contributed by atoms with Crippen molar-refractivity contribution in [3.8, 4) is 0 Å². The molecule has 0 heterocycles. The first-order valence-electron chi connectivity index (χ1n) is 5.76. The highest BCUT2D eigenvalue weighted by Gasteiger charge is 2.28. The van der Waals surface area contributed by atoms with Crippen molar-refractivity contribution in [2.75, 3.05) is 0 Å². The lowest BCUT2D eigenvalue weighted by molar-refractivity contribution is -0.384. The molecule has 1 aromatic carbocycles. The maximum atomic E-state index is 11.8. The van der Waals surface area contributed by atoms with Crippen molar-refractivity contribution in [1.29, 1.82) is 0 Å². The van der Waals surface area contributed by atoms with Crippen LogP contribution in [0.4, 0.5) is 5.69 Å². The zero-order valence-corrected chi connectivity index (χ0v) is 11.8. The van der Waals surface area contributed by atoms with Crippen LogP contribution in [-0.2, 0) is 20.6 Å². The number of non-ortho nitro benzene ring substituents is 1. The second-order valence-electron chi connectivity index (χ2n) is 4.36. The van der Waals surface area contributed by atoms with Crippen molar-refractivity contribution in [2.45, 2.75) is 24.8 Å². The minimum absolute atomic E-state index is 0.184. The number of hydrogen-bond acceptors (Lipinski definition) is 6. The largest absolute Gasteiger partial charge is 0.480 e. The second kappa shape index (κ2) is 6.61. The second-order valence-corrected chi connectivity index (χ2v) is 6.11. The number of aliphatic carboxylic acids is 1. The van der Waals surface area contributed by atoms with E-state index in [1.165, 1.54) is 12.1 Å². The summed E-state index contributed by atoms with van der Waals surface area (Å²) in [6.45, 7) is 1.15. The molecule has 9 nitrogen and oxygen atoms in total. The molecule has 1 aromatic rings. The third-order valence-corrected chi connectivity index (χ3v) is 3.89. The van der Waals surface area contributed by atoms with Crippen LogP contribution in [0.25, 0.3) is 0 Å². The first kappa shape index (κ1) is 17.0. The van der Waals surface area contributed by atoms with E-state index in [2.05, 4.69) is 0 Å². The molecule has 0 spiro atoms. The summed E-state index contributed by atoms with van der Waals surface area (Å²) in [6, 6.07) is 3.15. The number of carboxylic acid groups (broad SMARTS) is 1. The van der Waals surface area contributed by atoms with Crippen LogP contribution in [-0.4, -0.2) is 41.7 Å². The van der Waals surface area contributed by atoms with Crippen molar-refractivity contribution >= 4 is 21.7 Å². The number of rotatable bonds is 7. The molecule has 0 aliphatic carbocycles. The van der Waals surface area contributed by atoms with Gasteiger partial charge in [0.25, 0.3) is 5.69 Å². The Bertz CT molecular complexity index is 624. The summed E-state index contributed by atoms with van der Waals surface area (Å²) in [4.78, 5) is 20.7. The number of aliphatic hydroxyl groups excluding tert-OH is 1. The van der Waals surface area contributed by atoms with E-state index < -0.39 is 38.8 Å². The number of nitro benzene ring substituents is 1. The van der Waals surface area contributed by atoms with Gasteiger partial charge in [0.1, 0.15) is 6.04 Å². The summed E-state index contributed by atoms with van der Waals surface area (Å²) >= 11 is 0. The summed E-state index contributed by atoms with van der Waals surface area (Å²) in [7, 11) is -4.02. The van der Waals surface area contributed by atoms with Gasteiger partial charge in [-0.3, -0.25) is 14.9 Å². The van der Waals surface area contributed by atoms with Crippen LogP contribution in [0.3, 0.4) is 0 Å². The number of benzene rings is 1. The number of carbonyl (C=O) groups is 1. The van der Waals surface area contributed by atoms with Crippen LogP contribution in [0.2, 0.25) is 0 Å². The van der Waals surface area contributed by atoms with Gasteiger partial charge in [-0.1, -0.05) is 12.1 Å². The van der Waals surface area contributed by atoms with Gasteiger partial charge < -0.3 is 10.2 Å². The van der Waals surface area contributed by atoms with E-state index in [0.717, 1.165) is 19.1 Å². The number of aliphatic hydroxyl groups is 1. The van der Waals surface area contributed by atoms with Crippen LogP contribution in [0, 0.1) is 10.1 Å². The lowest BCUT2D eigenvalue weighted by Crippen LogP contribution is -2.47. The van der Waals surface area contributed by atoms with Crippen LogP contribution < -0.4 is 4.72 Å². The Labute approximate surface area is 120 Å². The Kier molecular flexibility index (Phi) is 5.35. The lowest BCUT2D eigenvalue weighted by atomic mass is 10.2. The Morgan fingerprint density at radius 2 is 1.90 bits per heavy atom. The van der Waals surface area contributed by atoms with Gasteiger partial charge in [0.2, 0.25) is 10.0 Å². The molecule has 0 fully saturated rings. The number of hydrogen-bond donors (Lipinski definition) is 3. The molecule has 0 aliphatic heterocycles. The third-order valence-electron chi connectivity index (χ3n) is 2.56. The zero-order valence-electron chi connectivity index (χ0n) is 11.0. The molecule has 0 aromatic heterocycles. The molecule has 116 valence electrons. The lowest BCUT2D eigenvalue weighted by Gasteiger charge is -2.17. The molecule has 21 heavy (non-hydrogen) atoms. The number of carboxylic acids is 1. The minimum atomic E-state index is -4.02. The third kappa shape index (κ3) is 5.10. The van der Waals surface area contributed by atoms with Gasteiger partial charge in [-0.05, 0) is 12.5 Å². The van der Waals surface area contributed by atoms with Gasteiger partial charge in [0.05, 0.1) is 16.8 Å². The first-order chi connectivity index (χ1) is 9.62. The number of nitro groups is 1. The SMILES string of the molecule is C[C@@H](O)[C@H](NS(=O)(=O)Cc1ccc([N+](=O)[O-])cc1)C(=O)O. The summed E-state index contributed by atoms with van der Waals surface area (Å²) in [5.74, 6) is -2.06. The maximum Gasteiger partial charge on any atom is 0.324 e. The highest BCUT2D eigenvalue weighted by atomic mass is 32.2. The molecule has 0 amide bonds. The molecule has 0 unspecified atom stereocenters. The topological polar surface area (TPSA) is 147 Å². The predicted molar refractivity (Wildman–Crippen MR) is 72.0 cm³/mol. The van der Waals surface area contributed by atoms with Gasteiger partial charge in [-0.15, -0.1) is 0 Å². The van der Waals surface area contributed by atoms with E-state index in [-0.39, 0.29) is 11.3 Å². The summed E-state index contributed by atoms with van der Waals surface area (Å²) < 4.78 is 25.5. The van der Waals surface area contributed by atoms with E-state index in [0.29, 0.717) is 0 Å². The van der Waals surface area contributed by atoms with Crippen LogP contribution in [0.15, 0.2) is 24.3 Å². The average molecular weight is 318 g/mol. The van der Waals surface area contributed by atoms with Gasteiger partial charge in [-0.25, -0.2) is 8.42 Å². The molecule has 0 saturated carbocycles. The fourth-order valence-electron chi connectivity index (χ4n) is 1.52. The number of nitrogens with one attached hydrogen (secondary N) is 1. The van der Waals surface area contributed by atoms with E-state index in [4.69, 9.17) is 5.11 Å². The molecule has 0 aliphatic rings. The molecule has 0 saturated heterocycles. The van der Waals surface area contributed by atoms with Crippen LogP contribution >= 0.6 is 0 Å². The highest BCUT2D eigenvalue weighted by Crippen LogP contribution is 2.14. The van der Waals surface area contributed by atoms with E-state index in [1.54, 1.807) is 0 Å². The summed E-state index contributed by atoms with van der Waals surface area (Å²) in [5, 5.41) is 28.5. The van der Waals surface area contributed by atoms with Crippen molar-refractivity contribution in [3.63, 3.8) is 0 Å². The van der Waals surface area contributed by atoms with Crippen molar-refractivity contribution in [3.05, 3.63) is 39.9 Å². The summed E-state index contributed by atoms with van der Waals surface area (Å²) in [5.41, 5.74) is 0.0688. The Hall–Kier alpha value is -2.04. The monoisotopic (exact) mass is 318 g/mol. The van der Waals surface area contributed by atoms with Gasteiger partial charge in [-0.2, -0.15) is 4.72 Å². The van der Waals surface area contributed by atoms with Crippen molar-refractivity contribution in [1.82, 2.24) is 4.72 Å². The molecular weight excluding hydrogens is 304 g/mol. The molecule has 0 radical (unpaired) electrons. The fourth-order valence-corrected chi connectivity index (χ4v) is 2.92. The number of sulfonamides is 1. The molecule has 3 N–H and O–H groups in total. The van der Waals surface area contributed by atoms with Crippen molar-refractivity contribution in [2.24, 2.45) is 0 Å². The smallest absolute Gasteiger partial charge is 0.324 e. The van der Waals surface area contributed by atoms with Crippen molar-refractivity contribution < 1.29 is 28.3 Å². The van der Waals surface area contributed by atoms with Crippen LogP contribution in [0.5, 0.6) is 0 Å². The van der Waals surface area contributed by atoms with Gasteiger partial charge in [0.15, 0.2) is 0 Å². The molecule has 0 bridgehead atoms. The zero-order chi connectivity index (χ0) is 16.2. The standard InChI is InChI=1S/C11H14N2O7S/c1-7(14)10(11(15)16)12-21(19,20)6-8-2-4-9(5-3-8)13(17)18/h2-5,7,10,12,14H,6H2,1H3,(H,15,16)/t7-,10+/m1/s1. The maximum absolute atomic E-state index is 11.8. The van der Waals surface area contributed by atoms with Crippen LogP contribution in [0.1, 0.15) is 12.5 Å². The minimum Gasteiger partial charge on any atom is -0.480 e. The van der Waals surface area contributed by atoms with E-state index in [9.17, 15) is 28.4 Å². The summed E-state index contributed by atoms with van der Waals surface area (Å²) in [6.07, 6.45) is -1.41. The predicted octanol–water partition coefficient (Wildman–Crippen LogP) is -0.152. The Morgan fingerprint density at radius 1 is 1.38 bits per heavy atom. The molecule has 2 atom stereocenters. The Morgan fingerprint density at radius 3 is 2.29 bits per heavy atom. The normalized spacial score (nSPS) is 14.4. The quantitative estimate of drug-likeness (QED) is 0.467. The van der Waals surface area contributed by atoms with Gasteiger partial charge in [0, 0.05) is 12.1 Å². The average Bonchev–Trinajstić information content (AvgIpc) is 2.35. The molecule has 1 rings (SSSR count). The Balaban J connectivity index is 2.85. The fraction of sp³-hybridized carbons (Fsp3) is 0.364. The molecule has 10 heteroatoms. The highest BCUT2D eigenvalue weighted by molar-refractivity contribution is 7.88. The van der Waals surface area contributed by atoms with E-state index in [1.807, 2.05) is 4.72 Å². The van der Waals surface area contributed by atoms with E-state index >= 15 is 0 Å². The molecular formula is C11H14N2O7S. The number of nitrogens with zero attached hydrogens (tertiary/aromatic N) is 1. The first-order valence-corrected chi connectivity index (χ1v) is 7.42.